The van der Waals surface area contributed by atoms with Gasteiger partial charge in [0.2, 0.25) is 0 Å². The van der Waals surface area contributed by atoms with E-state index in [0.29, 0.717) is 6.61 Å². The quantitative estimate of drug-likeness (QED) is 0.785. The molecule has 0 aromatic carbocycles. The van der Waals surface area contributed by atoms with Crippen LogP contribution in [-0.2, 0) is 11.3 Å². The van der Waals surface area contributed by atoms with Crippen LogP contribution in [0.4, 0.5) is 0 Å². The van der Waals surface area contributed by atoms with Crippen LogP contribution in [0.5, 0.6) is 0 Å². The zero-order chi connectivity index (χ0) is 9.73. The van der Waals surface area contributed by atoms with Gasteiger partial charge in [-0.3, -0.25) is 0 Å². The average molecular weight is 199 g/mol. The minimum absolute atomic E-state index is 0.0846. The molecular formula is C10H17NOS. The highest BCUT2D eigenvalue weighted by molar-refractivity contribution is 7.09. The number of thiophene rings is 1. The summed E-state index contributed by atoms with van der Waals surface area (Å²) in [5.41, 5.74) is -0.0846. The molecule has 1 heterocycles. The van der Waals surface area contributed by atoms with Gasteiger partial charge in [0, 0.05) is 11.4 Å². The normalized spacial score (nSPS) is 11.9. The van der Waals surface area contributed by atoms with Gasteiger partial charge in [-0.2, -0.15) is 0 Å². The zero-order valence-corrected chi connectivity index (χ0v) is 9.28. The Morgan fingerprint density at radius 3 is 2.85 bits per heavy atom. The van der Waals surface area contributed by atoms with E-state index in [9.17, 15) is 0 Å². The predicted octanol–water partition coefficient (Wildman–Crippen LogP) is 2.26. The maximum atomic E-state index is 5.76. The highest BCUT2D eigenvalue weighted by Gasteiger charge is 2.16. The summed E-state index contributed by atoms with van der Waals surface area (Å²) in [5, 5.41) is 5.19. The van der Waals surface area contributed by atoms with Crippen molar-refractivity contribution in [3.63, 3.8) is 0 Å². The predicted molar refractivity (Wildman–Crippen MR) is 57.1 cm³/mol. The Bertz CT molecular complexity index is 231. The van der Waals surface area contributed by atoms with E-state index in [1.807, 2.05) is 7.05 Å². The summed E-state index contributed by atoms with van der Waals surface area (Å²) in [4.78, 5) is 1.28. The molecular weight excluding hydrogens is 182 g/mol. The van der Waals surface area contributed by atoms with Crippen LogP contribution in [0.1, 0.15) is 18.7 Å². The number of rotatable bonds is 5. The van der Waals surface area contributed by atoms with Gasteiger partial charge < -0.3 is 10.1 Å². The van der Waals surface area contributed by atoms with Gasteiger partial charge in [-0.15, -0.1) is 11.3 Å². The van der Waals surface area contributed by atoms with Crippen LogP contribution < -0.4 is 5.32 Å². The second kappa shape index (κ2) is 4.74. The minimum atomic E-state index is -0.0846. The monoisotopic (exact) mass is 199 g/mol. The number of hydrogen-bond acceptors (Lipinski definition) is 3. The molecule has 3 heteroatoms. The summed E-state index contributed by atoms with van der Waals surface area (Å²) >= 11 is 1.74. The highest BCUT2D eigenvalue weighted by Crippen LogP contribution is 2.15. The molecule has 0 aliphatic heterocycles. The molecule has 0 amide bonds. The van der Waals surface area contributed by atoms with Crippen molar-refractivity contribution < 1.29 is 4.74 Å². The van der Waals surface area contributed by atoms with E-state index in [-0.39, 0.29) is 5.60 Å². The molecule has 74 valence electrons. The van der Waals surface area contributed by atoms with Crippen LogP contribution in [0.2, 0.25) is 0 Å². The second-order valence-corrected chi connectivity index (χ2v) is 4.69. The summed E-state index contributed by atoms with van der Waals surface area (Å²) < 4.78 is 5.76. The molecule has 0 aliphatic rings. The molecule has 0 fully saturated rings. The van der Waals surface area contributed by atoms with E-state index in [1.165, 1.54) is 4.88 Å². The zero-order valence-electron chi connectivity index (χ0n) is 8.46. The molecule has 13 heavy (non-hydrogen) atoms. The summed E-state index contributed by atoms with van der Waals surface area (Å²) in [6, 6.07) is 4.15. The number of likely N-dealkylation sites (N-methyl/N-ethyl adjacent to an activating group) is 1. The first-order chi connectivity index (χ1) is 6.14. The Balaban J connectivity index is 2.33. The van der Waals surface area contributed by atoms with Crippen molar-refractivity contribution in [2.45, 2.75) is 26.1 Å². The average Bonchev–Trinajstić information content (AvgIpc) is 2.52. The van der Waals surface area contributed by atoms with Crippen LogP contribution in [-0.4, -0.2) is 19.2 Å². The van der Waals surface area contributed by atoms with Crippen LogP contribution in [0.3, 0.4) is 0 Å². The van der Waals surface area contributed by atoms with Crippen molar-refractivity contribution in [2.75, 3.05) is 13.6 Å². The van der Waals surface area contributed by atoms with Gasteiger partial charge in [0.15, 0.2) is 0 Å². The van der Waals surface area contributed by atoms with E-state index in [0.717, 1.165) is 6.54 Å². The lowest BCUT2D eigenvalue weighted by Gasteiger charge is -2.24. The number of nitrogens with one attached hydrogen (secondary N) is 1. The number of hydrogen-bond donors (Lipinski definition) is 1. The molecule has 1 N–H and O–H groups in total. The minimum Gasteiger partial charge on any atom is -0.369 e. The fraction of sp³-hybridized carbons (Fsp3) is 0.600. The highest BCUT2D eigenvalue weighted by atomic mass is 32.1. The van der Waals surface area contributed by atoms with E-state index < -0.39 is 0 Å². The smallest absolute Gasteiger partial charge is 0.0817 e. The first-order valence-corrected chi connectivity index (χ1v) is 5.33. The molecule has 0 aliphatic carbocycles. The van der Waals surface area contributed by atoms with Gasteiger partial charge in [-0.1, -0.05) is 6.07 Å². The molecule has 0 saturated heterocycles. The first kappa shape index (κ1) is 10.7. The molecule has 0 unspecified atom stereocenters. The molecule has 1 rings (SSSR count). The lowest BCUT2D eigenvalue weighted by atomic mass is 10.1. The maximum absolute atomic E-state index is 5.76. The summed E-state index contributed by atoms with van der Waals surface area (Å²) in [6.07, 6.45) is 0. The Kier molecular flexibility index (Phi) is 3.90. The SMILES string of the molecule is CNCC(C)(C)OCc1cccs1. The third-order valence-corrected chi connectivity index (χ3v) is 2.64. The van der Waals surface area contributed by atoms with Gasteiger partial charge in [0.1, 0.15) is 0 Å². The second-order valence-electron chi connectivity index (χ2n) is 3.66. The van der Waals surface area contributed by atoms with Gasteiger partial charge >= 0.3 is 0 Å². The van der Waals surface area contributed by atoms with Crippen molar-refractivity contribution in [2.24, 2.45) is 0 Å². The Hall–Kier alpha value is -0.380. The fourth-order valence-electron chi connectivity index (χ4n) is 1.14. The van der Waals surface area contributed by atoms with E-state index in [1.54, 1.807) is 11.3 Å². The third kappa shape index (κ3) is 3.89. The van der Waals surface area contributed by atoms with Gasteiger partial charge in [0.05, 0.1) is 12.2 Å². The maximum Gasteiger partial charge on any atom is 0.0817 e. The topological polar surface area (TPSA) is 21.3 Å². The molecule has 1 aromatic rings. The molecule has 0 atom stereocenters. The summed E-state index contributed by atoms with van der Waals surface area (Å²) in [6.45, 7) is 5.78. The van der Waals surface area contributed by atoms with E-state index in [4.69, 9.17) is 4.74 Å². The fourth-order valence-corrected chi connectivity index (χ4v) is 1.75. The molecule has 0 radical (unpaired) electrons. The lowest BCUT2D eigenvalue weighted by molar-refractivity contribution is -0.0255. The Morgan fingerprint density at radius 2 is 2.31 bits per heavy atom. The Labute approximate surface area is 83.9 Å². The van der Waals surface area contributed by atoms with Crippen LogP contribution >= 0.6 is 11.3 Å². The van der Waals surface area contributed by atoms with Crippen molar-refractivity contribution >= 4 is 11.3 Å². The largest absolute Gasteiger partial charge is 0.369 e. The lowest BCUT2D eigenvalue weighted by Crippen LogP contribution is -2.35. The summed E-state index contributed by atoms with van der Waals surface area (Å²) in [7, 11) is 1.94. The van der Waals surface area contributed by atoms with E-state index in [2.05, 4.69) is 36.7 Å². The molecule has 0 bridgehead atoms. The molecule has 0 spiro atoms. The van der Waals surface area contributed by atoms with Crippen molar-refractivity contribution in [3.8, 4) is 0 Å². The first-order valence-electron chi connectivity index (χ1n) is 4.45. The van der Waals surface area contributed by atoms with Crippen LogP contribution in [0.25, 0.3) is 0 Å². The Morgan fingerprint density at radius 1 is 1.54 bits per heavy atom. The van der Waals surface area contributed by atoms with Crippen LogP contribution in [0.15, 0.2) is 17.5 Å². The standard InChI is InChI=1S/C10H17NOS/c1-10(2,8-11-3)12-7-9-5-4-6-13-9/h4-6,11H,7-8H2,1-3H3. The van der Waals surface area contributed by atoms with Gasteiger partial charge in [-0.25, -0.2) is 0 Å². The molecule has 2 nitrogen and oxygen atoms in total. The number of ether oxygens (including phenoxy) is 1. The van der Waals surface area contributed by atoms with Crippen molar-refractivity contribution in [1.82, 2.24) is 5.32 Å². The van der Waals surface area contributed by atoms with Crippen LogP contribution in [0, 0.1) is 0 Å². The van der Waals surface area contributed by atoms with Gasteiger partial charge in [-0.05, 0) is 32.3 Å². The summed E-state index contributed by atoms with van der Waals surface area (Å²) in [5.74, 6) is 0. The molecule has 0 saturated carbocycles. The van der Waals surface area contributed by atoms with Gasteiger partial charge in [0.25, 0.3) is 0 Å². The molecule has 1 aromatic heterocycles. The van der Waals surface area contributed by atoms with Crippen molar-refractivity contribution in [1.29, 1.82) is 0 Å². The van der Waals surface area contributed by atoms with Crippen molar-refractivity contribution in [3.05, 3.63) is 22.4 Å². The van der Waals surface area contributed by atoms with E-state index >= 15 is 0 Å². The third-order valence-electron chi connectivity index (χ3n) is 1.79.